The lowest BCUT2D eigenvalue weighted by molar-refractivity contribution is -0.148. The molecule has 0 aliphatic carbocycles. The van der Waals surface area contributed by atoms with Crippen molar-refractivity contribution >= 4 is 12.1 Å². The number of esters is 1. The summed E-state index contributed by atoms with van der Waals surface area (Å²) in [5.41, 5.74) is -0.638. The van der Waals surface area contributed by atoms with E-state index in [1.807, 2.05) is 0 Å². The average Bonchev–Trinajstić information content (AvgIpc) is 2.24. The highest BCUT2D eigenvalue weighted by molar-refractivity contribution is 5.75. The number of alkyl halides is 1. The predicted molar refractivity (Wildman–Crippen MR) is 62.8 cm³/mol. The molecule has 0 N–H and O–H groups in total. The summed E-state index contributed by atoms with van der Waals surface area (Å²) in [6, 6.07) is 0. The van der Waals surface area contributed by atoms with Crippen LogP contribution in [0.5, 0.6) is 0 Å². The Labute approximate surface area is 106 Å². The molecule has 18 heavy (non-hydrogen) atoms. The van der Waals surface area contributed by atoms with Crippen molar-refractivity contribution in [1.82, 2.24) is 4.90 Å². The smallest absolute Gasteiger partial charge is 0.410 e. The number of piperidine rings is 1. The minimum Gasteiger partial charge on any atom is -0.469 e. The van der Waals surface area contributed by atoms with Crippen LogP contribution in [0.25, 0.3) is 0 Å². The molecule has 0 spiro atoms. The number of halogens is 1. The Hall–Kier alpha value is -1.33. The molecule has 1 saturated heterocycles. The van der Waals surface area contributed by atoms with Gasteiger partial charge in [-0.2, -0.15) is 0 Å². The van der Waals surface area contributed by atoms with Gasteiger partial charge in [-0.05, 0) is 27.2 Å². The zero-order valence-corrected chi connectivity index (χ0v) is 11.2. The Morgan fingerprint density at radius 1 is 1.28 bits per heavy atom. The molecule has 0 saturated carbocycles. The number of nitrogens with zero attached hydrogens (tertiary/aromatic N) is 1. The van der Waals surface area contributed by atoms with Crippen molar-refractivity contribution in [3.63, 3.8) is 0 Å². The molecule has 1 fully saturated rings. The maximum atomic E-state index is 13.5. The molecule has 1 aliphatic rings. The van der Waals surface area contributed by atoms with Crippen molar-refractivity contribution in [1.29, 1.82) is 0 Å². The van der Waals surface area contributed by atoms with Gasteiger partial charge < -0.3 is 14.4 Å². The molecule has 1 heterocycles. The summed E-state index contributed by atoms with van der Waals surface area (Å²) >= 11 is 0. The zero-order chi connectivity index (χ0) is 13.9. The molecule has 0 aromatic carbocycles. The first-order valence-corrected chi connectivity index (χ1v) is 5.92. The van der Waals surface area contributed by atoms with Gasteiger partial charge in [-0.1, -0.05) is 0 Å². The fourth-order valence-corrected chi connectivity index (χ4v) is 1.85. The molecule has 0 radical (unpaired) electrons. The van der Waals surface area contributed by atoms with Crippen molar-refractivity contribution in [3.05, 3.63) is 0 Å². The number of carbonyl (C=O) groups is 2. The van der Waals surface area contributed by atoms with Crippen LogP contribution in [0.4, 0.5) is 9.18 Å². The highest BCUT2D eigenvalue weighted by Gasteiger charge is 2.36. The van der Waals surface area contributed by atoms with Gasteiger partial charge in [0.25, 0.3) is 0 Å². The fourth-order valence-electron chi connectivity index (χ4n) is 1.85. The van der Waals surface area contributed by atoms with Gasteiger partial charge in [0.2, 0.25) is 0 Å². The molecule has 2 atom stereocenters. The van der Waals surface area contributed by atoms with E-state index in [0.29, 0.717) is 0 Å². The zero-order valence-electron chi connectivity index (χ0n) is 11.2. The van der Waals surface area contributed by atoms with E-state index in [4.69, 9.17) is 4.74 Å². The lowest BCUT2D eigenvalue weighted by Crippen LogP contribution is -2.48. The maximum absolute atomic E-state index is 13.5. The number of hydrogen-bond donors (Lipinski definition) is 0. The first kappa shape index (κ1) is 14.7. The Balaban J connectivity index is 2.66. The van der Waals surface area contributed by atoms with Gasteiger partial charge in [0.05, 0.1) is 19.6 Å². The van der Waals surface area contributed by atoms with E-state index in [9.17, 15) is 14.0 Å². The lowest BCUT2D eigenvalue weighted by Gasteiger charge is -2.34. The topological polar surface area (TPSA) is 55.8 Å². The molecule has 5 nitrogen and oxygen atoms in total. The van der Waals surface area contributed by atoms with Gasteiger partial charge in [-0.3, -0.25) is 4.79 Å². The van der Waals surface area contributed by atoms with Gasteiger partial charge in [-0.25, -0.2) is 9.18 Å². The molecule has 0 bridgehead atoms. The Morgan fingerprint density at radius 2 is 1.89 bits per heavy atom. The minimum atomic E-state index is -1.23. The Morgan fingerprint density at radius 3 is 2.39 bits per heavy atom. The summed E-state index contributed by atoms with van der Waals surface area (Å²) in [6.45, 7) is 5.31. The second kappa shape index (κ2) is 5.54. The molecule has 104 valence electrons. The second-order valence-electron chi connectivity index (χ2n) is 5.44. The lowest BCUT2D eigenvalue weighted by atomic mass is 9.97. The van der Waals surface area contributed by atoms with Crippen LogP contribution < -0.4 is 0 Å². The highest BCUT2D eigenvalue weighted by Crippen LogP contribution is 2.22. The standard InChI is InChI=1S/C12H20FNO4/c1-12(2,3)18-11(16)14-6-8(10(15)17-4)5-9(13)7-14/h8-9H,5-7H2,1-4H3. The van der Waals surface area contributed by atoms with Gasteiger partial charge in [-0.15, -0.1) is 0 Å². The van der Waals surface area contributed by atoms with Crippen LogP contribution in [0, 0.1) is 5.92 Å². The first-order chi connectivity index (χ1) is 8.23. The number of ether oxygens (including phenoxy) is 2. The van der Waals surface area contributed by atoms with Crippen LogP contribution in [0.15, 0.2) is 0 Å². The monoisotopic (exact) mass is 261 g/mol. The van der Waals surface area contributed by atoms with E-state index < -0.39 is 29.8 Å². The van der Waals surface area contributed by atoms with E-state index in [1.165, 1.54) is 12.0 Å². The second-order valence-corrected chi connectivity index (χ2v) is 5.44. The summed E-state index contributed by atoms with van der Waals surface area (Å²) < 4.78 is 23.3. The molecule has 1 amide bonds. The van der Waals surface area contributed by atoms with E-state index >= 15 is 0 Å². The molecule has 6 heteroatoms. The summed E-state index contributed by atoms with van der Waals surface area (Å²) in [4.78, 5) is 24.4. The number of amides is 1. The van der Waals surface area contributed by atoms with Crippen LogP contribution in [-0.2, 0) is 14.3 Å². The molecule has 2 unspecified atom stereocenters. The number of rotatable bonds is 1. The van der Waals surface area contributed by atoms with Crippen LogP contribution in [0.2, 0.25) is 0 Å². The summed E-state index contributed by atoms with van der Waals surface area (Å²) in [7, 11) is 1.25. The molecular formula is C12H20FNO4. The third kappa shape index (κ3) is 4.16. The van der Waals surface area contributed by atoms with Crippen molar-refractivity contribution in [2.75, 3.05) is 20.2 Å². The summed E-state index contributed by atoms with van der Waals surface area (Å²) in [6.07, 6.45) is -1.74. The minimum absolute atomic E-state index is 0.0393. The summed E-state index contributed by atoms with van der Waals surface area (Å²) in [5, 5.41) is 0. The van der Waals surface area contributed by atoms with Crippen LogP contribution in [0.1, 0.15) is 27.2 Å². The third-order valence-corrected chi connectivity index (χ3v) is 2.59. The first-order valence-electron chi connectivity index (χ1n) is 5.92. The molecular weight excluding hydrogens is 241 g/mol. The average molecular weight is 261 g/mol. The Kier molecular flexibility index (Phi) is 4.53. The van der Waals surface area contributed by atoms with Gasteiger partial charge in [0, 0.05) is 6.54 Å². The summed E-state index contributed by atoms with van der Waals surface area (Å²) in [5.74, 6) is -1.11. The molecule has 0 aromatic rings. The normalized spacial score (nSPS) is 24.6. The van der Waals surface area contributed by atoms with Crippen LogP contribution in [-0.4, -0.2) is 48.9 Å². The number of likely N-dealkylation sites (tertiary alicyclic amines) is 1. The van der Waals surface area contributed by atoms with Gasteiger partial charge in [0.15, 0.2) is 0 Å². The quantitative estimate of drug-likeness (QED) is 0.675. The Bertz CT molecular complexity index is 327. The highest BCUT2D eigenvalue weighted by atomic mass is 19.1. The number of hydrogen-bond acceptors (Lipinski definition) is 4. The van der Waals surface area contributed by atoms with Crippen LogP contribution >= 0.6 is 0 Å². The molecule has 1 aliphatic heterocycles. The van der Waals surface area contributed by atoms with Gasteiger partial charge in [0.1, 0.15) is 11.8 Å². The van der Waals surface area contributed by atoms with Crippen molar-refractivity contribution in [3.8, 4) is 0 Å². The van der Waals surface area contributed by atoms with Crippen molar-refractivity contribution < 1.29 is 23.5 Å². The number of carbonyl (C=O) groups excluding carboxylic acids is 2. The van der Waals surface area contributed by atoms with Gasteiger partial charge >= 0.3 is 12.1 Å². The van der Waals surface area contributed by atoms with E-state index in [-0.39, 0.29) is 19.5 Å². The number of methoxy groups -OCH3 is 1. The van der Waals surface area contributed by atoms with E-state index in [1.54, 1.807) is 20.8 Å². The largest absolute Gasteiger partial charge is 0.469 e. The van der Waals surface area contributed by atoms with Crippen molar-refractivity contribution in [2.45, 2.75) is 39.0 Å². The van der Waals surface area contributed by atoms with E-state index in [0.717, 1.165) is 0 Å². The van der Waals surface area contributed by atoms with E-state index in [2.05, 4.69) is 4.74 Å². The SMILES string of the molecule is COC(=O)C1CC(F)CN(C(=O)OC(C)(C)C)C1. The van der Waals surface area contributed by atoms with Crippen LogP contribution in [0.3, 0.4) is 0 Å². The molecule has 1 rings (SSSR count). The third-order valence-electron chi connectivity index (χ3n) is 2.59. The molecule has 0 aromatic heterocycles. The maximum Gasteiger partial charge on any atom is 0.410 e. The fraction of sp³-hybridized carbons (Fsp3) is 0.833. The van der Waals surface area contributed by atoms with Crippen molar-refractivity contribution in [2.24, 2.45) is 5.92 Å². The predicted octanol–water partition coefficient (Wildman–Crippen LogP) is 1.75.